The Bertz CT molecular complexity index is 829. The van der Waals surface area contributed by atoms with Crippen LogP contribution in [-0.4, -0.2) is 41.0 Å². The van der Waals surface area contributed by atoms with Gasteiger partial charge in [-0.25, -0.2) is 9.97 Å². The number of ketones is 1. The first-order valence-electron chi connectivity index (χ1n) is 9.93. The van der Waals surface area contributed by atoms with Crippen molar-refractivity contribution in [2.45, 2.75) is 76.0 Å². The van der Waals surface area contributed by atoms with Gasteiger partial charge in [0.15, 0.2) is 0 Å². The first-order chi connectivity index (χ1) is 13.1. The molecule has 0 saturated heterocycles. The van der Waals surface area contributed by atoms with Crippen molar-refractivity contribution in [3.05, 3.63) is 16.8 Å². The molecule has 0 aliphatic heterocycles. The Kier molecular flexibility index (Phi) is 5.43. The second-order valence-electron chi connectivity index (χ2n) is 7.87. The highest BCUT2D eigenvalue weighted by Crippen LogP contribution is 2.47. The largest absolute Gasteiger partial charge is 0.474 e. The quantitative estimate of drug-likeness (QED) is 0.791. The van der Waals surface area contributed by atoms with Gasteiger partial charge in [-0.05, 0) is 70.4 Å². The Hall–Kier alpha value is -1.57. The van der Waals surface area contributed by atoms with Crippen LogP contribution in [0.15, 0.2) is 6.33 Å². The van der Waals surface area contributed by atoms with E-state index in [9.17, 15) is 4.79 Å². The Labute approximate surface area is 163 Å². The van der Waals surface area contributed by atoms with Gasteiger partial charge in [-0.15, -0.1) is 11.3 Å². The minimum absolute atomic E-state index is 0.0528. The third-order valence-electron chi connectivity index (χ3n) is 6.12. The lowest BCUT2D eigenvalue weighted by molar-refractivity contribution is -0.118. The number of ether oxygens (including phenoxy) is 1. The zero-order chi connectivity index (χ0) is 19.0. The highest BCUT2D eigenvalue weighted by atomic mass is 32.1. The third kappa shape index (κ3) is 3.73. The summed E-state index contributed by atoms with van der Waals surface area (Å²) in [6.45, 7) is 1.57. The normalized spacial score (nSPS) is 26.1. The number of aromatic nitrogens is 2. The molecule has 0 aromatic carbocycles. The predicted molar refractivity (Wildman–Crippen MR) is 107 cm³/mol. The number of nitrogens with one attached hydrogen (secondary N) is 1. The topological polar surface area (TPSA) is 90.1 Å². The van der Waals surface area contributed by atoms with Crippen LogP contribution in [0.4, 0.5) is 0 Å². The molecule has 2 atom stereocenters. The lowest BCUT2D eigenvalue weighted by Gasteiger charge is -2.28. The number of carbonyl (C=O) groups excluding carboxylic acids is 1. The molecule has 3 N–H and O–H groups in total. The van der Waals surface area contributed by atoms with Crippen molar-refractivity contribution in [3.63, 3.8) is 0 Å². The third-order valence-corrected chi connectivity index (χ3v) is 7.29. The zero-order valence-electron chi connectivity index (χ0n) is 16.0. The van der Waals surface area contributed by atoms with Crippen LogP contribution in [0.3, 0.4) is 0 Å². The first kappa shape index (κ1) is 18.8. The van der Waals surface area contributed by atoms with Crippen molar-refractivity contribution in [3.8, 4) is 5.88 Å². The number of nitrogens with two attached hydrogens (primary N) is 1. The second-order valence-corrected chi connectivity index (χ2v) is 8.95. The minimum atomic E-state index is -0.401. The van der Waals surface area contributed by atoms with Crippen LogP contribution in [0.2, 0.25) is 0 Å². The summed E-state index contributed by atoms with van der Waals surface area (Å²) in [5, 5.41) is 4.42. The number of fused-ring (bicyclic) bond motifs is 3. The predicted octanol–water partition coefficient (Wildman–Crippen LogP) is 2.94. The molecule has 146 valence electrons. The van der Waals surface area contributed by atoms with E-state index in [1.807, 2.05) is 7.05 Å². The Morgan fingerprint density at radius 2 is 2.11 bits per heavy atom. The van der Waals surface area contributed by atoms with E-state index in [1.165, 1.54) is 10.4 Å². The molecule has 1 saturated carbocycles. The van der Waals surface area contributed by atoms with Crippen LogP contribution >= 0.6 is 11.3 Å². The maximum Gasteiger partial charge on any atom is 0.225 e. The summed E-state index contributed by atoms with van der Waals surface area (Å²) in [6.07, 6.45) is 8.93. The van der Waals surface area contributed by atoms with E-state index in [0.29, 0.717) is 24.3 Å². The number of aryl methyl sites for hydroxylation is 1. The van der Waals surface area contributed by atoms with Gasteiger partial charge in [0, 0.05) is 10.9 Å². The highest BCUT2D eigenvalue weighted by molar-refractivity contribution is 7.19. The molecule has 0 bridgehead atoms. The second kappa shape index (κ2) is 7.81. The SMILES string of the molecule is CNC1CCC(Oc2ncnc3sc4c(c23)[C@@H](C[C@H](N)C(C)=O)CC4)CC1. The maximum absolute atomic E-state index is 11.6. The molecule has 0 spiro atoms. The molecule has 2 aromatic rings. The van der Waals surface area contributed by atoms with Crippen molar-refractivity contribution in [2.24, 2.45) is 5.73 Å². The van der Waals surface area contributed by atoms with Gasteiger partial charge in [0.05, 0.1) is 11.4 Å². The maximum atomic E-state index is 11.6. The molecule has 1 fully saturated rings. The average Bonchev–Trinajstić information content (AvgIpc) is 3.22. The summed E-state index contributed by atoms with van der Waals surface area (Å²) < 4.78 is 6.38. The van der Waals surface area contributed by atoms with E-state index >= 15 is 0 Å². The van der Waals surface area contributed by atoms with Crippen LogP contribution in [0.25, 0.3) is 10.2 Å². The molecular formula is C20H28N4O2S. The van der Waals surface area contributed by atoms with Gasteiger partial charge in [-0.2, -0.15) is 0 Å². The van der Waals surface area contributed by atoms with E-state index in [-0.39, 0.29) is 11.9 Å². The van der Waals surface area contributed by atoms with E-state index in [0.717, 1.165) is 48.7 Å². The summed E-state index contributed by atoms with van der Waals surface area (Å²) in [4.78, 5) is 23.0. The summed E-state index contributed by atoms with van der Waals surface area (Å²) in [5.41, 5.74) is 7.35. The van der Waals surface area contributed by atoms with E-state index in [1.54, 1.807) is 24.6 Å². The number of rotatable bonds is 6. The molecule has 2 heterocycles. The lowest BCUT2D eigenvalue weighted by atomic mass is 9.92. The molecular weight excluding hydrogens is 360 g/mol. The van der Waals surface area contributed by atoms with E-state index < -0.39 is 6.04 Å². The molecule has 0 amide bonds. The fourth-order valence-electron chi connectivity index (χ4n) is 4.47. The first-order valence-corrected chi connectivity index (χ1v) is 10.7. The smallest absolute Gasteiger partial charge is 0.225 e. The van der Waals surface area contributed by atoms with Crippen molar-refractivity contribution in [2.75, 3.05) is 7.05 Å². The number of carbonyl (C=O) groups is 1. The standard InChI is InChI=1S/C20H28N4O2S/c1-11(25)15(21)9-12-3-8-16-17(12)18-19(23-10-24-20(18)27-16)26-14-6-4-13(22-2)5-7-14/h10,12-15,22H,3-9,21H2,1-2H3/t12-,13?,14?,15+/m1/s1. The Balaban J connectivity index is 1.60. The molecule has 2 aliphatic carbocycles. The summed E-state index contributed by atoms with van der Waals surface area (Å²) in [6, 6.07) is 0.194. The molecule has 2 aromatic heterocycles. The molecule has 0 radical (unpaired) electrons. The monoisotopic (exact) mass is 388 g/mol. The van der Waals surface area contributed by atoms with Gasteiger partial charge >= 0.3 is 0 Å². The molecule has 2 aliphatic rings. The molecule has 0 unspecified atom stereocenters. The van der Waals surface area contributed by atoms with Crippen LogP contribution < -0.4 is 15.8 Å². The molecule has 27 heavy (non-hydrogen) atoms. The Morgan fingerprint density at radius 3 is 2.81 bits per heavy atom. The van der Waals surface area contributed by atoms with E-state index in [4.69, 9.17) is 10.5 Å². The van der Waals surface area contributed by atoms with Crippen molar-refractivity contribution < 1.29 is 9.53 Å². The minimum Gasteiger partial charge on any atom is -0.474 e. The van der Waals surface area contributed by atoms with Crippen molar-refractivity contribution in [1.29, 1.82) is 0 Å². The van der Waals surface area contributed by atoms with Crippen LogP contribution in [0.1, 0.15) is 61.8 Å². The number of nitrogens with zero attached hydrogens (tertiary/aromatic N) is 2. The summed E-state index contributed by atoms with van der Waals surface area (Å²) >= 11 is 1.74. The van der Waals surface area contributed by atoms with Gasteiger partial charge in [-0.3, -0.25) is 4.79 Å². The van der Waals surface area contributed by atoms with Gasteiger partial charge in [-0.1, -0.05) is 0 Å². The van der Waals surface area contributed by atoms with Gasteiger partial charge in [0.1, 0.15) is 23.0 Å². The number of hydrogen-bond acceptors (Lipinski definition) is 7. The fourth-order valence-corrected chi connectivity index (χ4v) is 5.70. The number of Topliss-reactive ketones (excluding diaryl/α,β-unsaturated/α-hetero) is 1. The van der Waals surface area contributed by atoms with Crippen molar-refractivity contribution >= 4 is 27.3 Å². The fraction of sp³-hybridized carbons (Fsp3) is 0.650. The van der Waals surface area contributed by atoms with E-state index in [2.05, 4.69) is 15.3 Å². The highest BCUT2D eigenvalue weighted by Gasteiger charge is 2.32. The molecule has 4 rings (SSSR count). The number of hydrogen-bond donors (Lipinski definition) is 2. The average molecular weight is 389 g/mol. The zero-order valence-corrected chi connectivity index (χ0v) is 16.8. The van der Waals surface area contributed by atoms with Crippen LogP contribution in [0.5, 0.6) is 5.88 Å². The van der Waals surface area contributed by atoms with Crippen LogP contribution in [-0.2, 0) is 11.2 Å². The lowest BCUT2D eigenvalue weighted by Crippen LogP contribution is -2.34. The van der Waals surface area contributed by atoms with Gasteiger partial charge in [0.2, 0.25) is 5.88 Å². The summed E-state index contributed by atoms with van der Waals surface area (Å²) in [7, 11) is 2.03. The van der Waals surface area contributed by atoms with Gasteiger partial charge in [0.25, 0.3) is 0 Å². The Morgan fingerprint density at radius 1 is 1.33 bits per heavy atom. The molecule has 6 nitrogen and oxygen atoms in total. The van der Waals surface area contributed by atoms with Gasteiger partial charge < -0.3 is 15.8 Å². The van der Waals surface area contributed by atoms with Crippen molar-refractivity contribution in [1.82, 2.24) is 15.3 Å². The summed E-state index contributed by atoms with van der Waals surface area (Å²) in [5.74, 6) is 1.06. The number of thiophene rings is 1. The van der Waals surface area contributed by atoms with Crippen LogP contribution in [0, 0.1) is 0 Å². The molecule has 7 heteroatoms.